The quantitative estimate of drug-likeness (QED) is 0.505. The van der Waals surface area contributed by atoms with Crippen LogP contribution in [0.1, 0.15) is 12.5 Å². The number of anilines is 1. The molecule has 0 spiro atoms. The summed E-state index contributed by atoms with van der Waals surface area (Å²) in [6.45, 7) is 1.96. The Morgan fingerprint density at radius 1 is 1.10 bits per heavy atom. The van der Waals surface area contributed by atoms with Crippen molar-refractivity contribution in [3.63, 3.8) is 0 Å². The van der Waals surface area contributed by atoms with Crippen molar-refractivity contribution in [1.82, 2.24) is 5.32 Å². The lowest BCUT2D eigenvalue weighted by Gasteiger charge is -2.28. The summed E-state index contributed by atoms with van der Waals surface area (Å²) in [7, 11) is -3.65. The van der Waals surface area contributed by atoms with E-state index in [-0.39, 0.29) is 5.91 Å². The third-order valence-corrected chi connectivity index (χ3v) is 7.23. The van der Waals surface area contributed by atoms with E-state index in [2.05, 4.69) is 5.32 Å². The lowest BCUT2D eigenvalue weighted by Crippen LogP contribution is -2.48. The summed E-state index contributed by atoms with van der Waals surface area (Å²) < 4.78 is 25.6. The molecule has 0 bridgehead atoms. The first-order chi connectivity index (χ1) is 13.6. The molecule has 0 fully saturated rings. The highest BCUT2D eigenvalue weighted by atomic mass is 35.5. The first-order valence-electron chi connectivity index (χ1n) is 8.64. The van der Waals surface area contributed by atoms with Crippen LogP contribution in [-0.2, 0) is 20.6 Å². The molecule has 0 aromatic heterocycles. The number of rotatable bonds is 9. The van der Waals surface area contributed by atoms with Crippen molar-refractivity contribution in [3.05, 3.63) is 63.1 Å². The standard InChI is InChI=1S/C19H21Cl3N2O3S2/c1-13(24(29(2,26)27)16-6-4-15(20)5-7-16)19(25)23-9-10-28-12-14-3-8-17(21)18(22)11-14/h3-8,11,13H,9-10,12H2,1-2H3,(H,23,25)/t13-/m0/s1. The summed E-state index contributed by atoms with van der Waals surface area (Å²) in [6, 6.07) is 10.9. The molecule has 2 rings (SSSR count). The third-order valence-electron chi connectivity index (χ3n) is 3.97. The van der Waals surface area contributed by atoms with Crippen LogP contribution in [0.25, 0.3) is 0 Å². The lowest BCUT2D eigenvalue weighted by atomic mass is 10.2. The molecule has 0 unspecified atom stereocenters. The normalized spacial score (nSPS) is 12.4. The molecule has 5 nitrogen and oxygen atoms in total. The Morgan fingerprint density at radius 2 is 1.76 bits per heavy atom. The van der Waals surface area contributed by atoms with Crippen molar-refractivity contribution in [2.24, 2.45) is 0 Å². The molecule has 0 aliphatic carbocycles. The highest BCUT2D eigenvalue weighted by Crippen LogP contribution is 2.25. The molecule has 0 heterocycles. The number of benzene rings is 2. The molecule has 158 valence electrons. The number of amides is 1. The van der Waals surface area contributed by atoms with Crippen molar-refractivity contribution in [2.75, 3.05) is 22.9 Å². The van der Waals surface area contributed by atoms with Gasteiger partial charge in [-0.2, -0.15) is 11.8 Å². The molecule has 1 amide bonds. The second-order valence-electron chi connectivity index (χ2n) is 6.30. The maximum atomic E-state index is 12.5. The Hall–Kier alpha value is -1.12. The minimum absolute atomic E-state index is 0.375. The second-order valence-corrected chi connectivity index (χ2v) is 10.5. The molecule has 2 aromatic carbocycles. The number of nitrogens with one attached hydrogen (secondary N) is 1. The fraction of sp³-hybridized carbons (Fsp3) is 0.316. The Bertz CT molecular complexity index is 954. The van der Waals surface area contributed by atoms with Gasteiger partial charge < -0.3 is 5.32 Å². The smallest absolute Gasteiger partial charge is 0.243 e. The largest absolute Gasteiger partial charge is 0.353 e. The van der Waals surface area contributed by atoms with E-state index < -0.39 is 16.1 Å². The van der Waals surface area contributed by atoms with E-state index in [1.807, 2.05) is 12.1 Å². The van der Waals surface area contributed by atoms with Crippen molar-refractivity contribution in [1.29, 1.82) is 0 Å². The van der Waals surface area contributed by atoms with E-state index in [0.29, 0.717) is 33.1 Å². The molecule has 29 heavy (non-hydrogen) atoms. The van der Waals surface area contributed by atoms with Crippen LogP contribution in [-0.4, -0.2) is 38.9 Å². The van der Waals surface area contributed by atoms with Gasteiger partial charge in [0.15, 0.2) is 0 Å². The maximum absolute atomic E-state index is 12.5. The minimum atomic E-state index is -3.65. The van der Waals surface area contributed by atoms with Crippen LogP contribution in [0.5, 0.6) is 0 Å². The summed E-state index contributed by atoms with van der Waals surface area (Å²) in [5.74, 6) is 1.02. The van der Waals surface area contributed by atoms with E-state index >= 15 is 0 Å². The number of halogens is 3. The third kappa shape index (κ3) is 7.26. The number of sulfonamides is 1. The van der Waals surface area contributed by atoms with Gasteiger partial charge in [0.2, 0.25) is 15.9 Å². The first-order valence-corrected chi connectivity index (χ1v) is 12.8. The molecular weight excluding hydrogens is 475 g/mol. The van der Waals surface area contributed by atoms with Crippen molar-refractivity contribution in [2.45, 2.75) is 18.7 Å². The molecule has 2 aromatic rings. The average molecular weight is 496 g/mol. The highest BCUT2D eigenvalue weighted by Gasteiger charge is 2.28. The predicted molar refractivity (Wildman–Crippen MR) is 124 cm³/mol. The molecule has 1 N–H and O–H groups in total. The van der Waals surface area contributed by atoms with Crippen LogP contribution < -0.4 is 9.62 Å². The highest BCUT2D eigenvalue weighted by molar-refractivity contribution is 7.98. The van der Waals surface area contributed by atoms with Gasteiger partial charge in [-0.15, -0.1) is 0 Å². The molecule has 0 saturated heterocycles. The zero-order valence-electron chi connectivity index (χ0n) is 15.9. The summed E-state index contributed by atoms with van der Waals surface area (Å²) in [5.41, 5.74) is 1.42. The molecule has 0 saturated carbocycles. The Morgan fingerprint density at radius 3 is 2.34 bits per heavy atom. The van der Waals surface area contributed by atoms with Gasteiger partial charge in [-0.25, -0.2) is 8.42 Å². The molecule has 10 heteroatoms. The molecular formula is C19H21Cl3N2O3S2. The number of carbonyl (C=O) groups is 1. The van der Waals surface area contributed by atoms with Crippen LogP contribution in [0.15, 0.2) is 42.5 Å². The van der Waals surface area contributed by atoms with Gasteiger partial charge in [-0.05, 0) is 48.9 Å². The molecule has 0 aliphatic rings. The zero-order chi connectivity index (χ0) is 21.6. The van der Waals surface area contributed by atoms with Crippen LogP contribution in [0.3, 0.4) is 0 Å². The van der Waals surface area contributed by atoms with E-state index in [9.17, 15) is 13.2 Å². The number of hydrogen-bond donors (Lipinski definition) is 1. The second kappa shape index (κ2) is 10.8. The van der Waals surface area contributed by atoms with Crippen LogP contribution in [0.4, 0.5) is 5.69 Å². The van der Waals surface area contributed by atoms with Gasteiger partial charge in [0.05, 0.1) is 22.0 Å². The molecule has 0 aliphatic heterocycles. The van der Waals surface area contributed by atoms with Crippen LogP contribution in [0, 0.1) is 0 Å². The van der Waals surface area contributed by atoms with Gasteiger partial charge >= 0.3 is 0 Å². The maximum Gasteiger partial charge on any atom is 0.243 e. The Kier molecular flexibility index (Phi) is 8.97. The van der Waals surface area contributed by atoms with E-state index in [0.717, 1.165) is 21.9 Å². The van der Waals surface area contributed by atoms with E-state index in [1.165, 1.54) is 0 Å². The summed E-state index contributed by atoms with van der Waals surface area (Å²) >= 11 is 19.4. The summed E-state index contributed by atoms with van der Waals surface area (Å²) in [4.78, 5) is 12.5. The van der Waals surface area contributed by atoms with Gasteiger partial charge in [0, 0.05) is 23.1 Å². The number of nitrogens with zero attached hydrogens (tertiary/aromatic N) is 1. The zero-order valence-corrected chi connectivity index (χ0v) is 19.8. The van der Waals surface area contributed by atoms with Gasteiger partial charge in [-0.1, -0.05) is 40.9 Å². The van der Waals surface area contributed by atoms with Gasteiger partial charge in [0.1, 0.15) is 6.04 Å². The predicted octanol–water partition coefficient (Wildman–Crippen LogP) is 4.85. The molecule has 0 radical (unpaired) electrons. The van der Waals surface area contributed by atoms with Crippen molar-refractivity contribution >= 4 is 68.2 Å². The van der Waals surface area contributed by atoms with Crippen LogP contribution in [0.2, 0.25) is 15.1 Å². The van der Waals surface area contributed by atoms with Crippen LogP contribution >= 0.6 is 46.6 Å². The average Bonchev–Trinajstić information content (AvgIpc) is 2.64. The first kappa shape index (κ1) is 24.2. The Balaban J connectivity index is 1.89. The number of hydrogen-bond acceptors (Lipinski definition) is 4. The van der Waals surface area contributed by atoms with E-state index in [4.69, 9.17) is 34.8 Å². The topological polar surface area (TPSA) is 66.5 Å². The van der Waals surface area contributed by atoms with Crippen molar-refractivity contribution in [3.8, 4) is 0 Å². The van der Waals surface area contributed by atoms with Gasteiger partial charge in [-0.3, -0.25) is 9.10 Å². The fourth-order valence-electron chi connectivity index (χ4n) is 2.61. The van der Waals surface area contributed by atoms with Gasteiger partial charge in [0.25, 0.3) is 0 Å². The van der Waals surface area contributed by atoms with Crippen molar-refractivity contribution < 1.29 is 13.2 Å². The Labute approximate surface area is 190 Å². The van der Waals surface area contributed by atoms with E-state index in [1.54, 1.807) is 49.0 Å². The number of carbonyl (C=O) groups excluding carboxylic acids is 1. The molecule has 1 atom stereocenters. The SMILES string of the molecule is C[C@@H](C(=O)NCCSCc1ccc(Cl)c(Cl)c1)N(c1ccc(Cl)cc1)S(C)(=O)=O. The summed E-state index contributed by atoms with van der Waals surface area (Å²) in [5, 5.41) is 4.29. The monoisotopic (exact) mass is 494 g/mol. The fourth-order valence-corrected chi connectivity index (χ4v) is 5.04. The number of thioether (sulfide) groups is 1. The summed E-state index contributed by atoms with van der Waals surface area (Å²) in [6.07, 6.45) is 1.07. The minimum Gasteiger partial charge on any atom is -0.353 e. The lowest BCUT2D eigenvalue weighted by molar-refractivity contribution is -0.121.